The maximum Gasteiger partial charge on any atom is 0.264 e. The summed E-state index contributed by atoms with van der Waals surface area (Å²) >= 11 is 3.44. The van der Waals surface area contributed by atoms with Crippen molar-refractivity contribution in [1.29, 1.82) is 0 Å². The lowest BCUT2D eigenvalue weighted by Crippen LogP contribution is -2.33. The molecule has 2 aromatic carbocycles. The Bertz CT molecular complexity index is 927. The van der Waals surface area contributed by atoms with E-state index in [1.807, 2.05) is 18.2 Å². The Morgan fingerprint density at radius 2 is 1.88 bits per heavy atom. The summed E-state index contributed by atoms with van der Waals surface area (Å²) < 4.78 is 31.8. The Morgan fingerprint density at radius 3 is 2.54 bits per heavy atom. The second kappa shape index (κ2) is 7.38. The van der Waals surface area contributed by atoms with E-state index in [1.165, 1.54) is 26.2 Å². The van der Waals surface area contributed by atoms with Gasteiger partial charge in [0.25, 0.3) is 5.91 Å². The summed E-state index contributed by atoms with van der Waals surface area (Å²) in [7, 11) is -0.522. The van der Waals surface area contributed by atoms with Crippen molar-refractivity contribution >= 4 is 37.5 Å². The number of halogens is 1. The Hall–Kier alpha value is -1.90. The fraction of sp³-hybridized carbons (Fsp3) is 0.278. The molecule has 1 aliphatic rings. The van der Waals surface area contributed by atoms with Gasteiger partial charge in [0.1, 0.15) is 5.75 Å². The van der Waals surface area contributed by atoms with Gasteiger partial charge in [-0.05, 0) is 54.4 Å². The van der Waals surface area contributed by atoms with E-state index in [4.69, 9.17) is 4.74 Å². The molecule has 26 heavy (non-hydrogen) atoms. The van der Waals surface area contributed by atoms with Gasteiger partial charge in [-0.1, -0.05) is 15.9 Å². The summed E-state index contributed by atoms with van der Waals surface area (Å²) in [6.45, 7) is 0.531. The van der Waals surface area contributed by atoms with Gasteiger partial charge >= 0.3 is 0 Å². The zero-order valence-electron chi connectivity index (χ0n) is 14.5. The van der Waals surface area contributed by atoms with Crippen LogP contribution in [0.15, 0.2) is 51.8 Å². The van der Waals surface area contributed by atoms with Crippen molar-refractivity contribution in [3.05, 3.63) is 52.5 Å². The Balaban J connectivity index is 1.64. The highest BCUT2D eigenvalue weighted by atomic mass is 79.9. The second-order valence-electron chi connectivity index (χ2n) is 6.12. The summed E-state index contributed by atoms with van der Waals surface area (Å²) in [5, 5.41) is 0. The number of rotatable bonds is 5. The highest BCUT2D eigenvalue weighted by Gasteiger charge is 2.25. The molecule has 6 nitrogen and oxygen atoms in total. The average Bonchev–Trinajstić information content (AvgIpc) is 3.03. The minimum Gasteiger partial charge on any atom is -0.484 e. The number of anilines is 1. The Kier molecular flexibility index (Phi) is 5.36. The predicted octanol–water partition coefficient (Wildman–Crippen LogP) is 2.67. The number of benzene rings is 2. The molecule has 1 amide bonds. The van der Waals surface area contributed by atoms with Gasteiger partial charge in [0.15, 0.2) is 6.61 Å². The highest BCUT2D eigenvalue weighted by Crippen LogP contribution is 2.30. The first-order valence-electron chi connectivity index (χ1n) is 8.03. The number of hydrogen-bond donors (Lipinski definition) is 0. The largest absolute Gasteiger partial charge is 0.484 e. The van der Waals surface area contributed by atoms with Gasteiger partial charge in [-0.25, -0.2) is 12.7 Å². The lowest BCUT2D eigenvalue weighted by Gasteiger charge is -2.18. The first-order valence-corrected chi connectivity index (χ1v) is 10.3. The minimum atomic E-state index is -3.48. The molecule has 0 radical (unpaired) electrons. The fourth-order valence-corrected chi connectivity index (χ4v) is 4.08. The number of fused-ring (bicyclic) bond motifs is 1. The maximum absolute atomic E-state index is 12.5. The van der Waals surface area contributed by atoms with Crippen LogP contribution in [0.5, 0.6) is 5.75 Å². The number of sulfonamides is 1. The van der Waals surface area contributed by atoms with E-state index < -0.39 is 10.0 Å². The van der Waals surface area contributed by atoms with E-state index in [-0.39, 0.29) is 17.4 Å². The molecule has 0 bridgehead atoms. The number of amides is 1. The Morgan fingerprint density at radius 1 is 1.19 bits per heavy atom. The molecule has 0 atom stereocenters. The Labute approximate surface area is 161 Å². The molecule has 0 unspecified atom stereocenters. The first kappa shape index (κ1) is 18.9. The molecule has 0 aliphatic carbocycles. The zero-order chi connectivity index (χ0) is 18.9. The van der Waals surface area contributed by atoms with E-state index in [0.29, 0.717) is 12.3 Å². The van der Waals surface area contributed by atoms with Gasteiger partial charge in [0.05, 0.1) is 4.90 Å². The fourth-order valence-electron chi connectivity index (χ4n) is 2.77. The molecule has 0 N–H and O–H groups in total. The normalized spacial score (nSPS) is 13.8. The molecule has 1 aliphatic heterocycles. The van der Waals surface area contributed by atoms with Crippen LogP contribution >= 0.6 is 15.9 Å². The molecule has 0 saturated carbocycles. The van der Waals surface area contributed by atoms with Gasteiger partial charge in [0.2, 0.25) is 10.0 Å². The lowest BCUT2D eigenvalue weighted by molar-refractivity contribution is -0.120. The topological polar surface area (TPSA) is 66.9 Å². The monoisotopic (exact) mass is 438 g/mol. The van der Waals surface area contributed by atoms with Crippen LogP contribution in [0.3, 0.4) is 0 Å². The molecule has 138 valence electrons. The van der Waals surface area contributed by atoms with Crippen LogP contribution < -0.4 is 9.64 Å². The van der Waals surface area contributed by atoms with E-state index in [2.05, 4.69) is 15.9 Å². The third-order valence-corrected chi connectivity index (χ3v) is 6.53. The van der Waals surface area contributed by atoms with Gasteiger partial charge in [-0.2, -0.15) is 0 Å². The number of carbonyl (C=O) groups is 1. The van der Waals surface area contributed by atoms with Crippen LogP contribution in [-0.4, -0.2) is 45.9 Å². The molecule has 1 heterocycles. The number of carbonyl (C=O) groups excluding carboxylic acids is 1. The zero-order valence-corrected chi connectivity index (χ0v) is 16.9. The van der Waals surface area contributed by atoms with Crippen LogP contribution in [0.25, 0.3) is 0 Å². The summed E-state index contributed by atoms with van der Waals surface area (Å²) in [6.07, 6.45) is 0.817. The van der Waals surface area contributed by atoms with E-state index in [0.717, 1.165) is 26.4 Å². The van der Waals surface area contributed by atoms with Gasteiger partial charge < -0.3 is 9.64 Å². The van der Waals surface area contributed by atoms with Crippen molar-refractivity contribution in [2.45, 2.75) is 11.3 Å². The first-order chi connectivity index (χ1) is 12.3. The smallest absolute Gasteiger partial charge is 0.264 e. The molecule has 3 rings (SSSR count). The summed E-state index contributed by atoms with van der Waals surface area (Å²) in [6, 6.07) is 11.9. The van der Waals surface area contributed by atoms with E-state index in [9.17, 15) is 13.2 Å². The van der Waals surface area contributed by atoms with E-state index >= 15 is 0 Å². The molecule has 0 fully saturated rings. The van der Waals surface area contributed by atoms with Crippen molar-refractivity contribution in [3.63, 3.8) is 0 Å². The van der Waals surface area contributed by atoms with Crippen molar-refractivity contribution in [2.24, 2.45) is 0 Å². The standard InChI is InChI=1S/C18H19BrN2O4S/c1-20(2)26(23,24)16-6-4-15(5-7-16)25-12-18(22)21-10-9-13-11-14(19)3-8-17(13)21/h3-8,11H,9-10,12H2,1-2H3. The molecule has 0 aromatic heterocycles. The minimum absolute atomic E-state index is 0.102. The highest BCUT2D eigenvalue weighted by molar-refractivity contribution is 9.10. The van der Waals surface area contributed by atoms with Crippen LogP contribution in [-0.2, 0) is 21.2 Å². The average molecular weight is 439 g/mol. The van der Waals surface area contributed by atoms with Crippen molar-refractivity contribution in [3.8, 4) is 5.75 Å². The summed E-state index contributed by atoms with van der Waals surface area (Å²) in [4.78, 5) is 14.4. The van der Waals surface area contributed by atoms with Gasteiger partial charge in [0, 0.05) is 30.8 Å². The van der Waals surface area contributed by atoms with Crippen LogP contribution in [0, 0.1) is 0 Å². The van der Waals surface area contributed by atoms with Gasteiger partial charge in [-0.3, -0.25) is 4.79 Å². The molecule has 8 heteroatoms. The number of ether oxygens (including phenoxy) is 1. The van der Waals surface area contributed by atoms with Crippen molar-refractivity contribution in [2.75, 3.05) is 32.1 Å². The van der Waals surface area contributed by atoms with Crippen molar-refractivity contribution in [1.82, 2.24) is 4.31 Å². The molecule has 0 saturated heterocycles. The summed E-state index contributed by atoms with van der Waals surface area (Å²) in [5.41, 5.74) is 2.04. The van der Waals surface area contributed by atoms with Gasteiger partial charge in [-0.15, -0.1) is 0 Å². The molecule has 2 aromatic rings. The predicted molar refractivity (Wildman–Crippen MR) is 103 cm³/mol. The maximum atomic E-state index is 12.5. The quantitative estimate of drug-likeness (QED) is 0.719. The summed E-state index contributed by atoms with van der Waals surface area (Å²) in [5.74, 6) is 0.322. The SMILES string of the molecule is CN(C)S(=O)(=O)c1ccc(OCC(=O)N2CCc3cc(Br)ccc32)cc1. The number of nitrogens with zero attached hydrogens (tertiary/aromatic N) is 2. The number of hydrogen-bond acceptors (Lipinski definition) is 4. The third-order valence-electron chi connectivity index (χ3n) is 4.20. The molecule has 0 spiro atoms. The third kappa shape index (κ3) is 3.77. The van der Waals surface area contributed by atoms with Crippen LogP contribution in [0.1, 0.15) is 5.56 Å². The molecular formula is C18H19BrN2O4S. The lowest BCUT2D eigenvalue weighted by atomic mass is 10.2. The van der Waals surface area contributed by atoms with Crippen LogP contribution in [0.4, 0.5) is 5.69 Å². The van der Waals surface area contributed by atoms with E-state index in [1.54, 1.807) is 17.0 Å². The van der Waals surface area contributed by atoms with Crippen molar-refractivity contribution < 1.29 is 17.9 Å². The second-order valence-corrected chi connectivity index (χ2v) is 9.18. The van der Waals surface area contributed by atoms with Crippen LogP contribution in [0.2, 0.25) is 0 Å². The molecular weight excluding hydrogens is 420 g/mol.